The summed E-state index contributed by atoms with van der Waals surface area (Å²) in [4.78, 5) is 6.11. The molecule has 1 aliphatic rings. The molecular weight excluding hydrogens is 300 g/mol. The summed E-state index contributed by atoms with van der Waals surface area (Å²) in [6, 6.07) is 0.377. The summed E-state index contributed by atoms with van der Waals surface area (Å²) in [6.07, 6.45) is 4.52. The van der Waals surface area contributed by atoms with Crippen LogP contribution in [0.25, 0.3) is 0 Å². The molecule has 0 spiro atoms. The third kappa shape index (κ3) is 4.21. The molecule has 0 aliphatic carbocycles. The van der Waals surface area contributed by atoms with Crippen LogP contribution in [0.5, 0.6) is 0 Å². The third-order valence-electron chi connectivity index (χ3n) is 4.30. The molecule has 0 saturated carbocycles. The lowest BCUT2D eigenvalue weighted by molar-refractivity contribution is 0.0767. The number of ether oxygens (including phenoxy) is 1. The van der Waals surface area contributed by atoms with E-state index in [1.165, 1.54) is 15.6 Å². The van der Waals surface area contributed by atoms with Crippen LogP contribution >= 0.6 is 23.1 Å². The van der Waals surface area contributed by atoms with E-state index in [-0.39, 0.29) is 0 Å². The second-order valence-corrected chi connectivity index (χ2v) is 8.60. The van der Waals surface area contributed by atoms with Crippen LogP contribution in [-0.4, -0.2) is 35.7 Å². The van der Waals surface area contributed by atoms with Crippen LogP contribution in [0.4, 0.5) is 0 Å². The van der Waals surface area contributed by atoms with Gasteiger partial charge in [0, 0.05) is 41.3 Å². The van der Waals surface area contributed by atoms with Gasteiger partial charge in [0.15, 0.2) is 0 Å². The lowest BCUT2D eigenvalue weighted by Gasteiger charge is -2.36. The molecule has 5 heteroatoms. The first-order valence-corrected chi connectivity index (χ1v) is 9.85. The number of thiazole rings is 1. The van der Waals surface area contributed by atoms with Crippen LogP contribution in [0.1, 0.15) is 61.2 Å². The van der Waals surface area contributed by atoms with Crippen LogP contribution in [-0.2, 0) is 4.74 Å². The van der Waals surface area contributed by atoms with Gasteiger partial charge in [-0.3, -0.25) is 0 Å². The molecule has 1 aromatic rings. The van der Waals surface area contributed by atoms with Crippen LogP contribution in [0.15, 0.2) is 0 Å². The second-order valence-electron chi connectivity index (χ2n) is 6.26. The first kappa shape index (κ1) is 17.3. The number of aromatic nitrogens is 1. The fourth-order valence-corrected chi connectivity index (χ4v) is 4.61. The number of rotatable bonds is 6. The highest BCUT2D eigenvalue weighted by molar-refractivity contribution is 8.00. The number of hydrogen-bond acceptors (Lipinski definition) is 5. The normalized spacial score (nSPS) is 19.9. The Morgan fingerprint density at radius 1 is 1.33 bits per heavy atom. The summed E-state index contributed by atoms with van der Waals surface area (Å²) in [5.74, 6) is 0.516. The van der Waals surface area contributed by atoms with E-state index in [2.05, 4.69) is 39.3 Å². The lowest BCUT2D eigenvalue weighted by Crippen LogP contribution is -2.43. The van der Waals surface area contributed by atoms with E-state index < -0.39 is 0 Å². The minimum atomic E-state index is 0.339. The number of thioether (sulfide) groups is 1. The standard InChI is InChI=1S/C16H28N2OS2/c1-11(2)15-18-13(4)14(21-15)12(3)17-10-16(20-5)6-8-19-9-7-16/h11-12,17H,6-10H2,1-5H3/t12-/m0/s1. The maximum atomic E-state index is 5.52. The smallest absolute Gasteiger partial charge is 0.0956 e. The van der Waals surface area contributed by atoms with Crippen molar-refractivity contribution in [3.05, 3.63) is 15.6 Å². The van der Waals surface area contributed by atoms with Crippen molar-refractivity contribution in [2.24, 2.45) is 0 Å². The van der Waals surface area contributed by atoms with E-state index in [4.69, 9.17) is 9.72 Å². The SMILES string of the molecule is CSC1(CN[C@@H](C)c2sc(C(C)C)nc2C)CCOCC1. The zero-order valence-electron chi connectivity index (χ0n) is 13.9. The summed E-state index contributed by atoms with van der Waals surface area (Å²) >= 11 is 3.85. The van der Waals surface area contributed by atoms with Crippen molar-refractivity contribution < 1.29 is 4.74 Å². The van der Waals surface area contributed by atoms with Crippen molar-refractivity contribution in [2.75, 3.05) is 26.0 Å². The van der Waals surface area contributed by atoms with Crippen molar-refractivity contribution in [1.82, 2.24) is 10.3 Å². The van der Waals surface area contributed by atoms with Crippen LogP contribution < -0.4 is 5.32 Å². The maximum absolute atomic E-state index is 5.52. The van der Waals surface area contributed by atoms with E-state index in [1.54, 1.807) is 0 Å². The second kappa shape index (κ2) is 7.44. The fourth-order valence-electron chi connectivity index (χ4n) is 2.71. The van der Waals surface area contributed by atoms with E-state index >= 15 is 0 Å². The van der Waals surface area contributed by atoms with Crippen molar-refractivity contribution in [2.45, 2.75) is 57.2 Å². The van der Waals surface area contributed by atoms with Gasteiger partial charge in [0.2, 0.25) is 0 Å². The highest BCUT2D eigenvalue weighted by Crippen LogP contribution is 2.35. The van der Waals surface area contributed by atoms with Gasteiger partial charge in [-0.15, -0.1) is 11.3 Å². The van der Waals surface area contributed by atoms with Gasteiger partial charge in [0.25, 0.3) is 0 Å². The van der Waals surface area contributed by atoms with Gasteiger partial charge in [0.05, 0.1) is 10.7 Å². The van der Waals surface area contributed by atoms with Crippen LogP contribution in [0.3, 0.4) is 0 Å². The zero-order chi connectivity index (χ0) is 15.5. The first-order chi connectivity index (χ1) is 9.97. The molecule has 3 nitrogen and oxygen atoms in total. The molecule has 0 aromatic carbocycles. The van der Waals surface area contributed by atoms with Gasteiger partial charge in [0.1, 0.15) is 0 Å². The summed E-state index contributed by atoms with van der Waals surface area (Å²) < 4.78 is 5.86. The van der Waals surface area contributed by atoms with Gasteiger partial charge in [-0.2, -0.15) is 11.8 Å². The topological polar surface area (TPSA) is 34.2 Å². The van der Waals surface area contributed by atoms with Gasteiger partial charge >= 0.3 is 0 Å². The molecule has 21 heavy (non-hydrogen) atoms. The monoisotopic (exact) mass is 328 g/mol. The van der Waals surface area contributed by atoms with E-state index in [9.17, 15) is 0 Å². The van der Waals surface area contributed by atoms with Crippen LogP contribution in [0.2, 0.25) is 0 Å². The molecule has 120 valence electrons. The van der Waals surface area contributed by atoms with Crippen molar-refractivity contribution in [1.29, 1.82) is 0 Å². The Morgan fingerprint density at radius 2 is 2.00 bits per heavy atom. The molecule has 0 amide bonds. The first-order valence-electron chi connectivity index (χ1n) is 7.81. The molecule has 1 saturated heterocycles. The summed E-state index contributed by atoms with van der Waals surface area (Å²) in [6.45, 7) is 11.7. The minimum Gasteiger partial charge on any atom is -0.381 e. The Hall–Kier alpha value is -0.100. The highest BCUT2D eigenvalue weighted by Gasteiger charge is 2.32. The third-order valence-corrected chi connectivity index (χ3v) is 7.36. The molecule has 1 aliphatic heterocycles. The molecular formula is C16H28N2OS2. The van der Waals surface area contributed by atoms with Crippen molar-refractivity contribution >= 4 is 23.1 Å². The predicted octanol–water partition coefficient (Wildman–Crippen LogP) is 4.14. The molecule has 0 radical (unpaired) electrons. The summed E-state index contributed by atoms with van der Waals surface area (Å²) in [5.41, 5.74) is 1.19. The predicted molar refractivity (Wildman–Crippen MR) is 93.7 cm³/mol. The average Bonchev–Trinajstić information content (AvgIpc) is 2.88. The van der Waals surface area contributed by atoms with Gasteiger partial charge in [-0.25, -0.2) is 4.98 Å². The maximum Gasteiger partial charge on any atom is 0.0956 e. The Bertz CT molecular complexity index is 453. The van der Waals surface area contributed by atoms with Crippen molar-refractivity contribution in [3.8, 4) is 0 Å². The number of nitrogens with zero attached hydrogens (tertiary/aromatic N) is 1. The quantitative estimate of drug-likeness (QED) is 0.851. The lowest BCUT2D eigenvalue weighted by atomic mass is 9.98. The van der Waals surface area contributed by atoms with Gasteiger partial charge in [-0.1, -0.05) is 13.8 Å². The highest BCUT2D eigenvalue weighted by atomic mass is 32.2. The Morgan fingerprint density at radius 3 is 2.52 bits per heavy atom. The van der Waals surface area contributed by atoms with E-state index in [0.717, 1.165) is 32.6 Å². The molecule has 1 N–H and O–H groups in total. The Labute approximate surface area is 137 Å². The Kier molecular flexibility index (Phi) is 6.12. The molecule has 0 unspecified atom stereocenters. The molecule has 1 atom stereocenters. The molecule has 2 heterocycles. The van der Waals surface area contributed by atoms with Gasteiger partial charge in [-0.05, 0) is 32.9 Å². The number of nitrogens with one attached hydrogen (secondary N) is 1. The van der Waals surface area contributed by atoms with E-state index in [0.29, 0.717) is 16.7 Å². The summed E-state index contributed by atoms with van der Waals surface area (Å²) in [5, 5.41) is 5.00. The zero-order valence-corrected chi connectivity index (χ0v) is 15.5. The summed E-state index contributed by atoms with van der Waals surface area (Å²) in [7, 11) is 0. The largest absolute Gasteiger partial charge is 0.381 e. The molecule has 0 bridgehead atoms. The number of aryl methyl sites for hydroxylation is 1. The molecule has 1 aromatic heterocycles. The van der Waals surface area contributed by atoms with Crippen LogP contribution in [0, 0.1) is 6.92 Å². The fraction of sp³-hybridized carbons (Fsp3) is 0.812. The van der Waals surface area contributed by atoms with Crippen molar-refractivity contribution in [3.63, 3.8) is 0 Å². The molecule has 1 fully saturated rings. The number of hydrogen-bond donors (Lipinski definition) is 1. The average molecular weight is 329 g/mol. The minimum absolute atomic E-state index is 0.339. The Balaban J connectivity index is 1.99. The van der Waals surface area contributed by atoms with E-state index in [1.807, 2.05) is 23.1 Å². The van der Waals surface area contributed by atoms with Gasteiger partial charge < -0.3 is 10.1 Å². The molecule has 2 rings (SSSR count).